The molecular formula is C29H30N4O5S3. The van der Waals surface area contributed by atoms with E-state index < -0.39 is 16.1 Å². The summed E-state index contributed by atoms with van der Waals surface area (Å²) in [5.74, 6) is -0.360. The third-order valence-electron chi connectivity index (χ3n) is 7.46. The van der Waals surface area contributed by atoms with Crippen molar-refractivity contribution < 1.29 is 22.7 Å². The van der Waals surface area contributed by atoms with Crippen LogP contribution in [0.5, 0.6) is 0 Å². The number of para-hydroxylation sites is 1. The second kappa shape index (κ2) is 11.2. The Morgan fingerprint density at radius 2 is 1.88 bits per heavy atom. The third-order valence-corrected chi connectivity index (χ3v) is 11.6. The Balaban J connectivity index is 1.34. The second-order valence-corrected chi connectivity index (χ2v) is 14.2. The van der Waals surface area contributed by atoms with Gasteiger partial charge in [-0.2, -0.15) is 4.31 Å². The van der Waals surface area contributed by atoms with Crippen molar-refractivity contribution >= 4 is 59.9 Å². The Morgan fingerprint density at radius 1 is 1.10 bits per heavy atom. The van der Waals surface area contributed by atoms with E-state index in [4.69, 9.17) is 9.72 Å². The normalized spacial score (nSPS) is 17.5. The SMILES string of the molecule is CCOC(=O)N1CCc2c(sc(NC(=O)C3CCCN3S(=O)(=O)c3ccc(C)cc3)c2-c2nc3ccccc3s2)C1. The Kier molecular flexibility index (Phi) is 7.58. The zero-order valence-electron chi connectivity index (χ0n) is 22.8. The lowest BCUT2D eigenvalue weighted by Gasteiger charge is -2.26. The van der Waals surface area contributed by atoms with Crippen molar-refractivity contribution in [1.29, 1.82) is 0 Å². The van der Waals surface area contributed by atoms with Gasteiger partial charge in [0.2, 0.25) is 15.9 Å². The highest BCUT2D eigenvalue weighted by Gasteiger charge is 2.40. The monoisotopic (exact) mass is 610 g/mol. The molecular weight excluding hydrogens is 581 g/mol. The van der Waals surface area contributed by atoms with Crippen LogP contribution in [0.1, 0.15) is 35.8 Å². The third kappa shape index (κ3) is 5.25. The standard InChI is InChI=1S/C29H30N4O5S3/c1-3-38-29(35)32-16-14-20-24(17-32)40-28(25(20)27-30-21-7-4-5-9-23(21)39-27)31-26(34)22-8-6-15-33(22)41(36,37)19-12-10-18(2)11-13-19/h4-5,7,9-13,22H,3,6,8,14-17H2,1-2H3,(H,31,34). The maximum absolute atomic E-state index is 13.8. The molecule has 12 heteroatoms. The Hall–Kier alpha value is -3.32. The van der Waals surface area contributed by atoms with Crippen LogP contribution in [0.2, 0.25) is 0 Å². The fourth-order valence-electron chi connectivity index (χ4n) is 5.40. The van der Waals surface area contributed by atoms with Gasteiger partial charge < -0.3 is 15.0 Å². The number of hydrogen-bond acceptors (Lipinski definition) is 8. The van der Waals surface area contributed by atoms with E-state index >= 15 is 0 Å². The highest BCUT2D eigenvalue weighted by atomic mass is 32.2. The minimum absolute atomic E-state index is 0.184. The van der Waals surface area contributed by atoms with Crippen molar-refractivity contribution in [2.75, 3.05) is 25.0 Å². The van der Waals surface area contributed by atoms with Crippen molar-refractivity contribution in [2.45, 2.75) is 50.6 Å². The average Bonchev–Trinajstić information content (AvgIpc) is 3.69. The molecule has 4 heterocycles. The lowest BCUT2D eigenvalue weighted by Crippen LogP contribution is -2.43. The van der Waals surface area contributed by atoms with E-state index in [-0.39, 0.29) is 23.4 Å². The van der Waals surface area contributed by atoms with Crippen LogP contribution in [-0.2, 0) is 32.5 Å². The molecule has 1 N–H and O–H groups in total. The van der Waals surface area contributed by atoms with Crippen molar-refractivity contribution in [3.05, 3.63) is 64.5 Å². The van der Waals surface area contributed by atoms with Crippen LogP contribution in [0.15, 0.2) is 53.4 Å². The van der Waals surface area contributed by atoms with Gasteiger partial charge in [0.15, 0.2) is 0 Å². The number of rotatable bonds is 6. The first-order valence-corrected chi connectivity index (χ1v) is 16.6. The Labute approximate surface area is 246 Å². The zero-order valence-corrected chi connectivity index (χ0v) is 25.2. The van der Waals surface area contributed by atoms with Gasteiger partial charge >= 0.3 is 6.09 Å². The molecule has 0 aliphatic carbocycles. The molecule has 1 unspecified atom stereocenters. The summed E-state index contributed by atoms with van der Waals surface area (Å²) in [5, 5.41) is 4.51. The molecule has 41 heavy (non-hydrogen) atoms. The highest BCUT2D eigenvalue weighted by Crippen LogP contribution is 2.46. The van der Waals surface area contributed by atoms with Gasteiger partial charge in [0.1, 0.15) is 16.1 Å². The first-order valence-electron chi connectivity index (χ1n) is 13.6. The van der Waals surface area contributed by atoms with Gasteiger partial charge in [0, 0.05) is 23.5 Å². The fourth-order valence-corrected chi connectivity index (χ4v) is 9.43. The Bertz CT molecular complexity index is 1700. The molecule has 1 fully saturated rings. The van der Waals surface area contributed by atoms with Gasteiger partial charge in [0.05, 0.1) is 28.3 Å². The number of anilines is 1. The van der Waals surface area contributed by atoms with Crippen LogP contribution in [-0.4, -0.2) is 60.3 Å². The first kappa shape index (κ1) is 27.8. The molecule has 2 aromatic carbocycles. The lowest BCUT2D eigenvalue weighted by molar-refractivity contribution is -0.119. The number of aromatic nitrogens is 1. The van der Waals surface area contributed by atoms with Gasteiger partial charge in [-0.25, -0.2) is 18.2 Å². The molecule has 2 aliphatic heterocycles. The summed E-state index contributed by atoms with van der Waals surface area (Å²) in [4.78, 5) is 33.9. The molecule has 214 valence electrons. The van der Waals surface area contributed by atoms with Gasteiger partial charge in [0.25, 0.3) is 0 Å². The maximum Gasteiger partial charge on any atom is 0.410 e. The van der Waals surface area contributed by atoms with Crippen LogP contribution < -0.4 is 5.32 Å². The minimum atomic E-state index is -3.84. The number of ether oxygens (including phenoxy) is 1. The van der Waals surface area contributed by atoms with Gasteiger partial charge in [-0.3, -0.25) is 4.79 Å². The predicted octanol–water partition coefficient (Wildman–Crippen LogP) is 5.64. The van der Waals surface area contributed by atoms with Crippen LogP contribution in [0, 0.1) is 6.92 Å². The molecule has 2 amide bonds. The quantitative estimate of drug-likeness (QED) is 0.303. The second-order valence-electron chi connectivity index (χ2n) is 10.1. The van der Waals surface area contributed by atoms with E-state index in [0.717, 1.165) is 36.8 Å². The number of carbonyl (C=O) groups excluding carboxylic acids is 2. The Morgan fingerprint density at radius 3 is 2.63 bits per heavy atom. The highest BCUT2D eigenvalue weighted by molar-refractivity contribution is 7.89. The van der Waals surface area contributed by atoms with Crippen molar-refractivity contribution in [1.82, 2.24) is 14.2 Å². The number of nitrogens with zero attached hydrogens (tertiary/aromatic N) is 3. The molecule has 1 saturated heterocycles. The van der Waals surface area contributed by atoms with Crippen LogP contribution in [0.4, 0.5) is 9.80 Å². The summed E-state index contributed by atoms with van der Waals surface area (Å²) in [7, 11) is -3.84. The molecule has 0 radical (unpaired) electrons. The summed E-state index contributed by atoms with van der Waals surface area (Å²) >= 11 is 2.97. The molecule has 2 aliphatic rings. The number of nitrogens with one attached hydrogen (secondary N) is 1. The number of sulfonamides is 1. The summed E-state index contributed by atoms with van der Waals surface area (Å²) in [6.45, 7) is 5.15. The van der Waals surface area contributed by atoms with E-state index in [1.54, 1.807) is 47.4 Å². The number of amides is 2. The largest absolute Gasteiger partial charge is 0.450 e. The number of benzene rings is 2. The summed E-state index contributed by atoms with van der Waals surface area (Å²) in [5.41, 5.74) is 3.75. The number of carbonyl (C=O) groups is 2. The molecule has 1 atom stereocenters. The molecule has 2 aromatic heterocycles. The van der Waals surface area contributed by atoms with Gasteiger partial charge in [-0.15, -0.1) is 22.7 Å². The molecule has 0 saturated carbocycles. The van der Waals surface area contributed by atoms with Crippen LogP contribution >= 0.6 is 22.7 Å². The number of hydrogen-bond donors (Lipinski definition) is 1. The number of thiophene rings is 1. The lowest BCUT2D eigenvalue weighted by atomic mass is 10.0. The molecule has 6 rings (SSSR count). The van der Waals surface area contributed by atoms with E-state index in [1.165, 1.54) is 15.6 Å². The zero-order chi connectivity index (χ0) is 28.7. The average molecular weight is 611 g/mol. The minimum Gasteiger partial charge on any atom is -0.450 e. The summed E-state index contributed by atoms with van der Waals surface area (Å²) < 4.78 is 34.6. The summed E-state index contributed by atoms with van der Waals surface area (Å²) in [6, 6.07) is 13.8. The maximum atomic E-state index is 13.8. The number of thiazole rings is 1. The van der Waals surface area contributed by atoms with E-state index in [1.807, 2.05) is 31.2 Å². The van der Waals surface area contributed by atoms with Crippen molar-refractivity contribution in [3.8, 4) is 10.6 Å². The molecule has 9 nitrogen and oxygen atoms in total. The topological polar surface area (TPSA) is 109 Å². The number of fused-ring (bicyclic) bond motifs is 2. The molecule has 0 bridgehead atoms. The van der Waals surface area contributed by atoms with Crippen LogP contribution in [0.25, 0.3) is 20.8 Å². The predicted molar refractivity (Wildman–Crippen MR) is 161 cm³/mol. The van der Waals surface area contributed by atoms with Crippen molar-refractivity contribution in [2.24, 2.45) is 0 Å². The molecule has 4 aromatic rings. The summed E-state index contributed by atoms with van der Waals surface area (Å²) in [6.07, 6.45) is 1.28. The van der Waals surface area contributed by atoms with E-state index in [9.17, 15) is 18.0 Å². The fraction of sp³-hybridized carbons (Fsp3) is 0.345. The smallest absolute Gasteiger partial charge is 0.410 e. The number of aryl methyl sites for hydroxylation is 1. The van der Waals surface area contributed by atoms with Gasteiger partial charge in [-0.1, -0.05) is 29.8 Å². The first-order chi connectivity index (χ1) is 19.8. The van der Waals surface area contributed by atoms with Crippen molar-refractivity contribution in [3.63, 3.8) is 0 Å². The molecule has 0 spiro atoms. The van der Waals surface area contributed by atoms with E-state index in [0.29, 0.717) is 44.0 Å². The van der Waals surface area contributed by atoms with Crippen LogP contribution in [0.3, 0.4) is 0 Å². The van der Waals surface area contributed by atoms with E-state index in [2.05, 4.69) is 5.32 Å². The van der Waals surface area contributed by atoms with Gasteiger partial charge in [-0.05, 0) is 62.9 Å².